The SMILES string of the molecule is NS(=O)(=O)c1c(F)cc(-c2ccc(-c3ccc(F)cc3)c(S)c2)cc1F. The Morgan fingerprint density at radius 1 is 0.769 bits per heavy atom. The predicted molar refractivity (Wildman–Crippen MR) is 95.8 cm³/mol. The summed E-state index contributed by atoms with van der Waals surface area (Å²) in [6, 6.07) is 12.4. The molecular formula is C18H12F3NO2S2. The van der Waals surface area contributed by atoms with Crippen molar-refractivity contribution in [2.24, 2.45) is 5.14 Å². The Balaban J connectivity index is 2.06. The highest BCUT2D eigenvalue weighted by Gasteiger charge is 2.21. The molecule has 0 bridgehead atoms. The quantitative estimate of drug-likeness (QED) is 0.647. The molecule has 134 valence electrons. The number of thiol groups is 1. The number of hydrogen-bond donors (Lipinski definition) is 2. The van der Waals surface area contributed by atoms with Crippen LogP contribution in [-0.2, 0) is 10.0 Å². The number of sulfonamides is 1. The zero-order valence-corrected chi connectivity index (χ0v) is 14.8. The normalized spacial score (nSPS) is 11.6. The van der Waals surface area contributed by atoms with Gasteiger partial charge in [0.1, 0.15) is 17.5 Å². The molecule has 0 saturated carbocycles. The maximum absolute atomic E-state index is 14.0. The monoisotopic (exact) mass is 395 g/mol. The summed E-state index contributed by atoms with van der Waals surface area (Å²) in [5.74, 6) is -2.91. The first kappa shape index (κ1) is 18.5. The summed E-state index contributed by atoms with van der Waals surface area (Å²) in [6.07, 6.45) is 0. The molecule has 0 radical (unpaired) electrons. The van der Waals surface area contributed by atoms with Crippen LogP contribution in [0.25, 0.3) is 22.3 Å². The minimum Gasteiger partial charge on any atom is -0.224 e. The van der Waals surface area contributed by atoms with Crippen molar-refractivity contribution < 1.29 is 21.6 Å². The van der Waals surface area contributed by atoms with Crippen molar-refractivity contribution >= 4 is 22.7 Å². The van der Waals surface area contributed by atoms with Crippen molar-refractivity contribution in [2.75, 3.05) is 0 Å². The fourth-order valence-electron chi connectivity index (χ4n) is 2.58. The lowest BCUT2D eigenvalue weighted by Crippen LogP contribution is -2.16. The molecule has 3 nitrogen and oxygen atoms in total. The van der Waals surface area contributed by atoms with Gasteiger partial charge in [-0.1, -0.05) is 24.3 Å². The Hall–Kier alpha value is -2.29. The van der Waals surface area contributed by atoms with Gasteiger partial charge >= 0.3 is 0 Å². The zero-order valence-electron chi connectivity index (χ0n) is 13.1. The van der Waals surface area contributed by atoms with Crippen molar-refractivity contribution in [3.8, 4) is 22.3 Å². The Labute approximate surface area is 153 Å². The minimum absolute atomic E-state index is 0.133. The molecule has 0 heterocycles. The Bertz CT molecular complexity index is 1070. The van der Waals surface area contributed by atoms with E-state index in [-0.39, 0.29) is 11.4 Å². The van der Waals surface area contributed by atoms with E-state index in [2.05, 4.69) is 12.6 Å². The molecule has 0 aliphatic heterocycles. The van der Waals surface area contributed by atoms with Gasteiger partial charge in [-0.05, 0) is 52.6 Å². The summed E-state index contributed by atoms with van der Waals surface area (Å²) in [7, 11) is -4.51. The lowest BCUT2D eigenvalue weighted by atomic mass is 10.00. The first-order chi connectivity index (χ1) is 12.2. The molecule has 0 aromatic heterocycles. The molecule has 0 saturated heterocycles. The van der Waals surface area contributed by atoms with E-state index in [9.17, 15) is 21.6 Å². The smallest absolute Gasteiger partial charge is 0.224 e. The third kappa shape index (κ3) is 3.62. The van der Waals surface area contributed by atoms with Crippen molar-refractivity contribution in [3.05, 3.63) is 72.0 Å². The second-order valence-electron chi connectivity index (χ2n) is 5.55. The lowest BCUT2D eigenvalue weighted by molar-refractivity contribution is 0.520. The van der Waals surface area contributed by atoms with Gasteiger partial charge in [-0.3, -0.25) is 0 Å². The van der Waals surface area contributed by atoms with Crippen LogP contribution in [0.5, 0.6) is 0 Å². The molecule has 0 aliphatic carbocycles. The summed E-state index contributed by atoms with van der Waals surface area (Å²) in [4.78, 5) is -0.666. The molecule has 0 atom stereocenters. The van der Waals surface area contributed by atoms with E-state index >= 15 is 0 Å². The standard InChI is InChI=1S/C18H12F3NO2S2/c19-13-4-1-10(2-5-13)14-6-3-11(9-17(14)25)12-7-15(20)18(16(21)8-12)26(22,23)24/h1-9,25H,(H2,22,23,24). The number of halogens is 3. The molecule has 3 aromatic carbocycles. The summed E-state index contributed by atoms with van der Waals surface area (Å²) in [6.45, 7) is 0. The van der Waals surface area contributed by atoms with E-state index in [4.69, 9.17) is 5.14 Å². The fourth-order valence-corrected chi connectivity index (χ4v) is 3.59. The van der Waals surface area contributed by atoms with Gasteiger partial charge in [-0.2, -0.15) is 0 Å². The van der Waals surface area contributed by atoms with E-state index in [0.717, 1.165) is 17.7 Å². The highest BCUT2D eigenvalue weighted by molar-refractivity contribution is 7.89. The Morgan fingerprint density at radius 2 is 1.31 bits per heavy atom. The van der Waals surface area contributed by atoms with Crippen LogP contribution in [0.3, 0.4) is 0 Å². The first-order valence-corrected chi connectivity index (χ1v) is 9.27. The van der Waals surface area contributed by atoms with E-state index in [1.165, 1.54) is 12.1 Å². The van der Waals surface area contributed by atoms with Crippen molar-refractivity contribution in [3.63, 3.8) is 0 Å². The maximum atomic E-state index is 14.0. The molecule has 8 heteroatoms. The van der Waals surface area contributed by atoms with Crippen molar-refractivity contribution in [2.45, 2.75) is 9.79 Å². The van der Waals surface area contributed by atoms with Gasteiger partial charge in [-0.25, -0.2) is 26.7 Å². The van der Waals surface area contributed by atoms with Gasteiger partial charge in [0.25, 0.3) is 0 Å². The third-order valence-electron chi connectivity index (χ3n) is 3.77. The van der Waals surface area contributed by atoms with E-state index < -0.39 is 26.6 Å². The van der Waals surface area contributed by atoms with E-state index in [1.807, 2.05) is 0 Å². The predicted octanol–water partition coefficient (Wildman–Crippen LogP) is 4.37. The molecule has 2 N–H and O–H groups in total. The Morgan fingerprint density at radius 3 is 1.81 bits per heavy atom. The average molecular weight is 395 g/mol. The topological polar surface area (TPSA) is 60.2 Å². The van der Waals surface area contributed by atoms with E-state index in [1.54, 1.807) is 30.3 Å². The summed E-state index contributed by atoms with van der Waals surface area (Å²) in [5, 5.41) is 4.82. The highest BCUT2D eigenvalue weighted by Crippen LogP contribution is 2.33. The molecule has 3 aromatic rings. The number of rotatable bonds is 3. The van der Waals surface area contributed by atoms with Gasteiger partial charge in [0.2, 0.25) is 10.0 Å². The molecule has 0 aliphatic rings. The number of benzene rings is 3. The number of primary sulfonamides is 1. The van der Waals surface area contributed by atoms with Gasteiger partial charge in [0, 0.05) is 4.90 Å². The van der Waals surface area contributed by atoms with Crippen LogP contribution in [-0.4, -0.2) is 8.42 Å². The molecular weight excluding hydrogens is 383 g/mol. The molecule has 26 heavy (non-hydrogen) atoms. The largest absolute Gasteiger partial charge is 0.243 e. The lowest BCUT2D eigenvalue weighted by Gasteiger charge is -2.10. The van der Waals surface area contributed by atoms with Gasteiger partial charge < -0.3 is 0 Å². The van der Waals surface area contributed by atoms with Crippen molar-refractivity contribution in [1.82, 2.24) is 0 Å². The van der Waals surface area contributed by atoms with Gasteiger partial charge in [0.05, 0.1) is 0 Å². The highest BCUT2D eigenvalue weighted by atomic mass is 32.2. The van der Waals surface area contributed by atoms with Crippen LogP contribution >= 0.6 is 12.6 Å². The number of hydrogen-bond acceptors (Lipinski definition) is 3. The minimum atomic E-state index is -4.51. The van der Waals surface area contributed by atoms with Crippen LogP contribution in [0.1, 0.15) is 0 Å². The summed E-state index contributed by atoms with van der Waals surface area (Å²) < 4.78 is 63.6. The van der Waals surface area contributed by atoms with Crippen LogP contribution in [0.15, 0.2) is 64.4 Å². The summed E-state index contributed by atoms with van der Waals surface area (Å²) in [5.41, 5.74) is 2.00. The zero-order chi connectivity index (χ0) is 19.1. The van der Waals surface area contributed by atoms with Crippen LogP contribution < -0.4 is 5.14 Å². The van der Waals surface area contributed by atoms with E-state index in [0.29, 0.717) is 16.0 Å². The second kappa shape index (κ2) is 6.79. The third-order valence-corrected chi connectivity index (χ3v) is 5.10. The van der Waals surface area contributed by atoms with Gasteiger partial charge in [0.15, 0.2) is 4.90 Å². The van der Waals surface area contributed by atoms with Gasteiger partial charge in [-0.15, -0.1) is 12.6 Å². The summed E-state index contributed by atoms with van der Waals surface area (Å²) >= 11 is 4.38. The molecule has 0 fully saturated rings. The average Bonchev–Trinajstić information content (AvgIpc) is 2.53. The fraction of sp³-hybridized carbons (Fsp3) is 0. The van der Waals surface area contributed by atoms with Crippen LogP contribution in [0.4, 0.5) is 13.2 Å². The molecule has 0 spiro atoms. The van der Waals surface area contributed by atoms with Crippen LogP contribution in [0, 0.1) is 17.5 Å². The molecule has 0 amide bonds. The maximum Gasteiger partial charge on any atom is 0.243 e. The van der Waals surface area contributed by atoms with Crippen molar-refractivity contribution in [1.29, 1.82) is 0 Å². The first-order valence-electron chi connectivity index (χ1n) is 7.28. The van der Waals surface area contributed by atoms with Crippen LogP contribution in [0.2, 0.25) is 0 Å². The second-order valence-corrected chi connectivity index (χ2v) is 7.53. The molecule has 0 unspecified atom stereocenters. The Kier molecular flexibility index (Phi) is 4.83. The molecule has 3 rings (SSSR count). The number of nitrogens with two attached hydrogens (primary N) is 1.